The van der Waals surface area contributed by atoms with Gasteiger partial charge in [-0.1, -0.05) is 30.3 Å². The lowest BCUT2D eigenvalue weighted by Crippen LogP contribution is -2.34. The van der Waals surface area contributed by atoms with Gasteiger partial charge in [-0.15, -0.1) is 0 Å². The molecule has 1 unspecified atom stereocenters. The molecule has 0 radical (unpaired) electrons. The molecular weight excluding hydrogens is 318 g/mol. The zero-order valence-electron chi connectivity index (χ0n) is 13.7. The molecule has 6 nitrogen and oxygen atoms in total. The third-order valence-electron chi connectivity index (χ3n) is 4.56. The lowest BCUT2D eigenvalue weighted by Gasteiger charge is -2.26. The molecule has 1 atom stereocenters. The molecule has 2 aromatic rings. The summed E-state index contributed by atoms with van der Waals surface area (Å²) in [6.07, 6.45) is 1.95. The predicted octanol–water partition coefficient (Wildman–Crippen LogP) is 3.39. The Kier molecular flexibility index (Phi) is 4.01. The number of anilines is 2. The van der Waals surface area contributed by atoms with Crippen LogP contribution in [0.1, 0.15) is 24.4 Å². The standard InChI is InChI=1S/C19H19N3O3/c23-18-12-25-17-9-8-14(11-15(17)21-18)20-19(24)22-10-4-7-16(22)13-5-2-1-3-6-13/h1-3,5-6,8-9,11,16H,4,7,10,12H2,(H,20,24)(H,21,23). The third kappa shape index (κ3) is 3.15. The van der Waals surface area contributed by atoms with Gasteiger partial charge in [0, 0.05) is 12.2 Å². The van der Waals surface area contributed by atoms with E-state index in [-0.39, 0.29) is 24.6 Å². The summed E-state index contributed by atoms with van der Waals surface area (Å²) < 4.78 is 5.34. The van der Waals surface area contributed by atoms with Crippen molar-refractivity contribution in [2.45, 2.75) is 18.9 Å². The Morgan fingerprint density at radius 1 is 1.20 bits per heavy atom. The number of urea groups is 1. The van der Waals surface area contributed by atoms with Gasteiger partial charge in [-0.3, -0.25) is 4.79 Å². The zero-order valence-corrected chi connectivity index (χ0v) is 13.7. The summed E-state index contributed by atoms with van der Waals surface area (Å²) in [4.78, 5) is 26.0. The third-order valence-corrected chi connectivity index (χ3v) is 4.56. The van der Waals surface area contributed by atoms with Crippen molar-refractivity contribution in [3.63, 3.8) is 0 Å². The van der Waals surface area contributed by atoms with Crippen molar-refractivity contribution in [3.05, 3.63) is 54.1 Å². The maximum absolute atomic E-state index is 12.7. The van der Waals surface area contributed by atoms with E-state index in [9.17, 15) is 9.59 Å². The van der Waals surface area contributed by atoms with E-state index in [0.717, 1.165) is 24.9 Å². The lowest BCUT2D eigenvalue weighted by atomic mass is 10.1. The summed E-state index contributed by atoms with van der Waals surface area (Å²) in [7, 11) is 0. The largest absolute Gasteiger partial charge is 0.482 e. The molecule has 0 saturated carbocycles. The number of nitrogens with zero attached hydrogens (tertiary/aromatic N) is 1. The number of benzene rings is 2. The van der Waals surface area contributed by atoms with E-state index < -0.39 is 0 Å². The number of hydrogen-bond acceptors (Lipinski definition) is 3. The highest BCUT2D eigenvalue weighted by molar-refractivity contribution is 5.97. The molecule has 128 valence electrons. The summed E-state index contributed by atoms with van der Waals surface area (Å²) >= 11 is 0. The first-order chi connectivity index (χ1) is 12.2. The van der Waals surface area contributed by atoms with E-state index in [1.54, 1.807) is 18.2 Å². The molecule has 2 N–H and O–H groups in total. The van der Waals surface area contributed by atoms with Crippen molar-refractivity contribution in [3.8, 4) is 5.75 Å². The fraction of sp³-hybridized carbons (Fsp3) is 0.263. The number of hydrogen-bond donors (Lipinski definition) is 2. The molecule has 4 rings (SSSR count). The summed E-state index contributed by atoms with van der Waals surface area (Å²) in [6, 6.07) is 15.3. The molecule has 3 amide bonds. The minimum Gasteiger partial charge on any atom is -0.482 e. The highest BCUT2D eigenvalue weighted by atomic mass is 16.5. The monoisotopic (exact) mass is 337 g/mol. The van der Waals surface area contributed by atoms with Crippen LogP contribution in [0.15, 0.2) is 48.5 Å². The summed E-state index contributed by atoms with van der Waals surface area (Å²) in [6.45, 7) is 0.751. The van der Waals surface area contributed by atoms with Crippen LogP contribution in [0.3, 0.4) is 0 Å². The van der Waals surface area contributed by atoms with Crippen LogP contribution < -0.4 is 15.4 Å². The average molecular weight is 337 g/mol. The van der Waals surface area contributed by atoms with Crippen molar-refractivity contribution in [1.29, 1.82) is 0 Å². The maximum Gasteiger partial charge on any atom is 0.322 e. The fourth-order valence-corrected chi connectivity index (χ4v) is 3.39. The van der Waals surface area contributed by atoms with Gasteiger partial charge < -0.3 is 20.3 Å². The Morgan fingerprint density at radius 2 is 2.04 bits per heavy atom. The zero-order chi connectivity index (χ0) is 17.2. The van der Waals surface area contributed by atoms with Crippen LogP contribution in [0.5, 0.6) is 5.75 Å². The van der Waals surface area contributed by atoms with E-state index in [0.29, 0.717) is 17.1 Å². The molecule has 1 fully saturated rings. The van der Waals surface area contributed by atoms with Crippen molar-refractivity contribution >= 4 is 23.3 Å². The van der Waals surface area contributed by atoms with E-state index in [1.165, 1.54) is 0 Å². The molecule has 0 aliphatic carbocycles. The summed E-state index contributed by atoms with van der Waals surface area (Å²) in [5.74, 6) is 0.417. The number of rotatable bonds is 2. The van der Waals surface area contributed by atoms with Gasteiger partial charge in [-0.05, 0) is 36.6 Å². The fourth-order valence-electron chi connectivity index (χ4n) is 3.39. The molecule has 1 saturated heterocycles. The maximum atomic E-state index is 12.7. The first-order valence-corrected chi connectivity index (χ1v) is 8.40. The molecule has 2 aliphatic rings. The molecule has 2 heterocycles. The average Bonchev–Trinajstić information content (AvgIpc) is 3.12. The molecule has 25 heavy (non-hydrogen) atoms. The van der Waals surface area contributed by atoms with Crippen LogP contribution >= 0.6 is 0 Å². The van der Waals surface area contributed by atoms with Crippen LogP contribution in [-0.2, 0) is 4.79 Å². The van der Waals surface area contributed by atoms with Gasteiger partial charge in [0.25, 0.3) is 5.91 Å². The van der Waals surface area contributed by atoms with Gasteiger partial charge in [-0.25, -0.2) is 4.79 Å². The number of carbonyl (C=O) groups is 2. The highest BCUT2D eigenvalue weighted by Gasteiger charge is 2.30. The summed E-state index contributed by atoms with van der Waals surface area (Å²) in [5, 5.41) is 5.68. The van der Waals surface area contributed by atoms with Gasteiger partial charge in [0.2, 0.25) is 0 Å². The smallest absolute Gasteiger partial charge is 0.322 e. The highest BCUT2D eigenvalue weighted by Crippen LogP contribution is 2.34. The topological polar surface area (TPSA) is 70.7 Å². The minimum atomic E-state index is -0.195. The van der Waals surface area contributed by atoms with Crippen molar-refractivity contribution < 1.29 is 14.3 Å². The van der Waals surface area contributed by atoms with Crippen LogP contribution in [-0.4, -0.2) is 30.0 Å². The number of fused-ring (bicyclic) bond motifs is 1. The van der Waals surface area contributed by atoms with Gasteiger partial charge in [-0.2, -0.15) is 0 Å². The molecule has 6 heteroatoms. The van der Waals surface area contributed by atoms with Gasteiger partial charge in [0.1, 0.15) is 5.75 Å². The SMILES string of the molecule is O=C1COc2ccc(NC(=O)N3CCCC3c3ccccc3)cc2N1. The Labute approximate surface area is 145 Å². The van der Waals surface area contributed by atoms with Crippen molar-refractivity contribution in [1.82, 2.24) is 4.90 Å². The number of nitrogens with one attached hydrogen (secondary N) is 2. The Morgan fingerprint density at radius 3 is 2.88 bits per heavy atom. The molecular formula is C19H19N3O3. The van der Waals surface area contributed by atoms with Gasteiger partial charge in [0.05, 0.1) is 11.7 Å². The number of carbonyl (C=O) groups excluding carboxylic acids is 2. The number of amides is 3. The molecule has 0 bridgehead atoms. The van der Waals surface area contributed by atoms with Crippen molar-refractivity contribution in [2.75, 3.05) is 23.8 Å². The Bertz CT molecular complexity index is 807. The second kappa shape index (κ2) is 6.47. The van der Waals surface area contributed by atoms with E-state index in [1.807, 2.05) is 23.1 Å². The van der Waals surface area contributed by atoms with Crippen LogP contribution in [0, 0.1) is 0 Å². The van der Waals surface area contributed by atoms with Gasteiger partial charge >= 0.3 is 6.03 Å². The van der Waals surface area contributed by atoms with E-state index in [2.05, 4.69) is 22.8 Å². The first kappa shape index (κ1) is 15.5. The van der Waals surface area contributed by atoms with E-state index >= 15 is 0 Å². The quantitative estimate of drug-likeness (QED) is 0.882. The summed E-state index contributed by atoms with van der Waals surface area (Å²) in [5.41, 5.74) is 2.37. The minimum absolute atomic E-state index is 0.0191. The van der Waals surface area contributed by atoms with Crippen molar-refractivity contribution in [2.24, 2.45) is 0 Å². The number of ether oxygens (including phenoxy) is 1. The second-order valence-corrected chi connectivity index (χ2v) is 6.24. The lowest BCUT2D eigenvalue weighted by molar-refractivity contribution is -0.118. The predicted molar refractivity (Wildman–Crippen MR) is 94.7 cm³/mol. The molecule has 2 aliphatic heterocycles. The molecule has 2 aromatic carbocycles. The molecule has 0 aromatic heterocycles. The van der Waals surface area contributed by atoms with Crippen LogP contribution in [0.4, 0.5) is 16.2 Å². The Balaban J connectivity index is 1.50. The van der Waals surface area contributed by atoms with Crippen LogP contribution in [0.25, 0.3) is 0 Å². The Hall–Kier alpha value is -3.02. The van der Waals surface area contributed by atoms with Crippen LogP contribution in [0.2, 0.25) is 0 Å². The second-order valence-electron chi connectivity index (χ2n) is 6.24. The number of likely N-dealkylation sites (tertiary alicyclic amines) is 1. The van der Waals surface area contributed by atoms with E-state index in [4.69, 9.17) is 4.74 Å². The first-order valence-electron chi connectivity index (χ1n) is 8.40. The molecule has 0 spiro atoms. The normalized spacial score (nSPS) is 19.0. The van der Waals surface area contributed by atoms with Gasteiger partial charge in [0.15, 0.2) is 6.61 Å².